The molecule has 2 N–H and O–H groups in total. The third kappa shape index (κ3) is 6.76. The number of unbranched alkanes of at least 4 members (excludes halogenated alkanes) is 1. The molecule has 1 unspecified atom stereocenters. The van der Waals surface area contributed by atoms with Crippen LogP contribution in [0.4, 0.5) is 4.79 Å². The first-order valence-electron chi connectivity index (χ1n) is 6.92. The normalized spacial score (nSPS) is 11.5. The monoisotopic (exact) mass is 295 g/mol. The lowest BCUT2D eigenvalue weighted by molar-refractivity contribution is -0.148. The van der Waals surface area contributed by atoms with Gasteiger partial charge in [0.05, 0.1) is 13.2 Å². The number of hydrogen-bond acceptors (Lipinski definition) is 5. The van der Waals surface area contributed by atoms with Gasteiger partial charge in [-0.3, -0.25) is 0 Å². The summed E-state index contributed by atoms with van der Waals surface area (Å²) >= 11 is 0. The third-order valence-corrected chi connectivity index (χ3v) is 2.71. The van der Waals surface area contributed by atoms with E-state index in [9.17, 15) is 9.59 Å². The van der Waals surface area contributed by atoms with E-state index in [4.69, 9.17) is 14.6 Å². The van der Waals surface area contributed by atoms with Gasteiger partial charge in [0.15, 0.2) is 6.04 Å². The number of alkyl carbamates (subject to hydrolysis) is 1. The first kappa shape index (κ1) is 17.0. The van der Waals surface area contributed by atoms with E-state index in [0.717, 1.165) is 18.4 Å². The van der Waals surface area contributed by atoms with Crippen molar-refractivity contribution < 1.29 is 24.2 Å². The van der Waals surface area contributed by atoms with Gasteiger partial charge < -0.3 is 19.9 Å². The molecule has 0 saturated carbocycles. The molecule has 0 spiro atoms. The molecule has 1 aromatic rings. The Morgan fingerprint density at radius 3 is 2.57 bits per heavy atom. The highest BCUT2D eigenvalue weighted by Gasteiger charge is 2.22. The van der Waals surface area contributed by atoms with Crippen LogP contribution in [0.3, 0.4) is 0 Å². The molecule has 1 aromatic carbocycles. The number of carbonyl (C=O) groups excluding carboxylic acids is 2. The lowest BCUT2D eigenvalue weighted by atomic mass is 10.2. The molecule has 6 nitrogen and oxygen atoms in total. The van der Waals surface area contributed by atoms with Crippen molar-refractivity contribution in [3.63, 3.8) is 0 Å². The van der Waals surface area contributed by atoms with Crippen molar-refractivity contribution in [1.29, 1.82) is 0 Å². The lowest BCUT2D eigenvalue weighted by Crippen LogP contribution is -2.44. The maximum absolute atomic E-state index is 11.8. The summed E-state index contributed by atoms with van der Waals surface area (Å²) in [6.45, 7) is 1.79. The molecule has 0 aromatic heterocycles. The summed E-state index contributed by atoms with van der Waals surface area (Å²) in [5.41, 5.74) is 0.827. The summed E-state index contributed by atoms with van der Waals surface area (Å²) < 4.78 is 9.90. The van der Waals surface area contributed by atoms with Crippen molar-refractivity contribution in [2.75, 3.05) is 13.2 Å². The zero-order chi connectivity index (χ0) is 15.5. The van der Waals surface area contributed by atoms with Crippen molar-refractivity contribution >= 4 is 12.1 Å². The zero-order valence-corrected chi connectivity index (χ0v) is 12.1. The van der Waals surface area contributed by atoms with Crippen LogP contribution in [0.2, 0.25) is 0 Å². The number of aliphatic hydroxyl groups is 1. The predicted molar refractivity (Wildman–Crippen MR) is 76.5 cm³/mol. The molecule has 1 amide bonds. The van der Waals surface area contributed by atoms with Crippen molar-refractivity contribution in [3.8, 4) is 0 Å². The fourth-order valence-electron chi connectivity index (χ4n) is 1.50. The predicted octanol–water partition coefficient (Wildman–Crippen LogP) is 1.62. The van der Waals surface area contributed by atoms with Crippen LogP contribution >= 0.6 is 0 Å². The van der Waals surface area contributed by atoms with Crippen molar-refractivity contribution in [2.45, 2.75) is 32.4 Å². The van der Waals surface area contributed by atoms with Crippen LogP contribution in [0, 0.1) is 0 Å². The number of benzene rings is 1. The Hall–Kier alpha value is -2.08. The standard InChI is InChI=1S/C15H21NO5/c1-2-3-9-20-15(19)16-13(10-17)14(18)21-11-12-7-5-4-6-8-12/h4-8,13,17H,2-3,9-11H2,1H3,(H,16,19). The second kappa shape index (κ2) is 9.77. The number of hydrogen-bond donors (Lipinski definition) is 2. The molecule has 0 heterocycles. The van der Waals surface area contributed by atoms with Crippen molar-refractivity contribution in [3.05, 3.63) is 35.9 Å². The highest BCUT2D eigenvalue weighted by molar-refractivity contribution is 5.81. The van der Waals surface area contributed by atoms with Crippen LogP contribution in [0.5, 0.6) is 0 Å². The summed E-state index contributed by atoms with van der Waals surface area (Å²) in [6.07, 6.45) is 0.907. The van der Waals surface area contributed by atoms with Gasteiger partial charge in [0.25, 0.3) is 0 Å². The minimum Gasteiger partial charge on any atom is -0.459 e. The molecule has 0 saturated heterocycles. The molecule has 6 heteroatoms. The summed E-state index contributed by atoms with van der Waals surface area (Å²) in [4.78, 5) is 23.2. The summed E-state index contributed by atoms with van der Waals surface area (Å²) in [7, 11) is 0. The van der Waals surface area contributed by atoms with E-state index in [-0.39, 0.29) is 13.2 Å². The van der Waals surface area contributed by atoms with E-state index >= 15 is 0 Å². The summed E-state index contributed by atoms with van der Waals surface area (Å²) in [5.74, 6) is -0.700. The van der Waals surface area contributed by atoms with Crippen LogP contribution in [0.25, 0.3) is 0 Å². The number of ether oxygens (including phenoxy) is 2. The maximum atomic E-state index is 11.8. The Morgan fingerprint density at radius 2 is 1.95 bits per heavy atom. The topological polar surface area (TPSA) is 84.9 Å². The molecule has 0 aliphatic heterocycles. The molecule has 0 aliphatic carbocycles. The van der Waals surface area contributed by atoms with E-state index in [1.54, 1.807) is 0 Å². The highest BCUT2D eigenvalue weighted by Crippen LogP contribution is 2.02. The van der Waals surface area contributed by atoms with Gasteiger partial charge >= 0.3 is 12.1 Å². The maximum Gasteiger partial charge on any atom is 0.407 e. The molecule has 1 rings (SSSR count). The third-order valence-electron chi connectivity index (χ3n) is 2.71. The number of nitrogens with one attached hydrogen (secondary N) is 1. The van der Waals surface area contributed by atoms with Gasteiger partial charge in [-0.15, -0.1) is 0 Å². The van der Waals surface area contributed by atoms with Gasteiger partial charge in [-0.25, -0.2) is 9.59 Å². The fourth-order valence-corrected chi connectivity index (χ4v) is 1.50. The molecule has 0 fully saturated rings. The van der Waals surface area contributed by atoms with E-state index in [1.165, 1.54) is 0 Å². The molecule has 0 bridgehead atoms. The Morgan fingerprint density at radius 1 is 1.24 bits per heavy atom. The minimum absolute atomic E-state index is 0.0860. The molecule has 1 atom stereocenters. The number of rotatable bonds is 8. The number of carbonyl (C=O) groups is 2. The van der Waals surface area contributed by atoms with E-state index < -0.39 is 24.7 Å². The quantitative estimate of drug-likeness (QED) is 0.562. The number of amides is 1. The molecule has 21 heavy (non-hydrogen) atoms. The first-order valence-corrected chi connectivity index (χ1v) is 6.92. The van der Waals surface area contributed by atoms with E-state index in [1.807, 2.05) is 37.3 Å². The van der Waals surface area contributed by atoms with Gasteiger partial charge in [0.2, 0.25) is 0 Å². The van der Waals surface area contributed by atoms with Gasteiger partial charge in [0, 0.05) is 0 Å². The summed E-state index contributed by atoms with van der Waals surface area (Å²) in [5, 5.41) is 11.4. The van der Waals surface area contributed by atoms with Crippen LogP contribution < -0.4 is 5.32 Å². The van der Waals surface area contributed by atoms with Gasteiger partial charge in [-0.2, -0.15) is 0 Å². The summed E-state index contributed by atoms with van der Waals surface area (Å²) in [6, 6.07) is 8.02. The largest absolute Gasteiger partial charge is 0.459 e. The Balaban J connectivity index is 2.36. The van der Waals surface area contributed by atoms with Crippen molar-refractivity contribution in [2.24, 2.45) is 0 Å². The SMILES string of the molecule is CCCCOC(=O)NC(CO)C(=O)OCc1ccccc1. The molecule has 0 radical (unpaired) electrons. The second-order valence-electron chi connectivity index (χ2n) is 4.46. The second-order valence-corrected chi connectivity index (χ2v) is 4.46. The van der Waals surface area contributed by atoms with Crippen LogP contribution in [-0.2, 0) is 20.9 Å². The minimum atomic E-state index is -1.12. The molecular weight excluding hydrogens is 274 g/mol. The van der Waals surface area contributed by atoms with Gasteiger partial charge in [-0.05, 0) is 12.0 Å². The molecule has 0 aliphatic rings. The zero-order valence-electron chi connectivity index (χ0n) is 12.1. The van der Waals surface area contributed by atoms with Gasteiger partial charge in [-0.1, -0.05) is 43.7 Å². The number of aliphatic hydroxyl groups excluding tert-OH is 1. The smallest absolute Gasteiger partial charge is 0.407 e. The van der Waals surface area contributed by atoms with Crippen LogP contribution in [0.1, 0.15) is 25.3 Å². The van der Waals surface area contributed by atoms with Crippen LogP contribution in [0.15, 0.2) is 30.3 Å². The van der Waals surface area contributed by atoms with E-state index in [2.05, 4.69) is 5.32 Å². The lowest BCUT2D eigenvalue weighted by Gasteiger charge is -2.15. The average molecular weight is 295 g/mol. The van der Waals surface area contributed by atoms with Crippen molar-refractivity contribution in [1.82, 2.24) is 5.32 Å². The van der Waals surface area contributed by atoms with Gasteiger partial charge in [0.1, 0.15) is 6.61 Å². The highest BCUT2D eigenvalue weighted by atomic mass is 16.6. The average Bonchev–Trinajstić information content (AvgIpc) is 2.51. The Labute approximate surface area is 124 Å². The molecular formula is C15H21NO5. The first-order chi connectivity index (χ1) is 10.2. The van der Waals surface area contributed by atoms with E-state index in [0.29, 0.717) is 0 Å². The fraction of sp³-hybridized carbons (Fsp3) is 0.467. The Kier molecular flexibility index (Phi) is 7.89. The Bertz CT molecular complexity index is 435. The number of esters is 1. The van der Waals surface area contributed by atoms with Crippen LogP contribution in [-0.4, -0.2) is 36.4 Å². The molecule has 116 valence electrons.